The van der Waals surface area contributed by atoms with Gasteiger partial charge in [0.25, 0.3) is 0 Å². The first-order valence-corrected chi connectivity index (χ1v) is 17.8. The number of halogens is 1. The van der Waals surface area contributed by atoms with E-state index in [0.717, 1.165) is 70.8 Å². The molecule has 2 aromatic carbocycles. The van der Waals surface area contributed by atoms with E-state index in [2.05, 4.69) is 17.1 Å². The van der Waals surface area contributed by atoms with Crippen LogP contribution in [0.5, 0.6) is 5.75 Å². The molecule has 0 spiro atoms. The molecule has 2 saturated carbocycles. The van der Waals surface area contributed by atoms with Crippen molar-refractivity contribution in [3.05, 3.63) is 77.1 Å². The number of carbonyl (C=O) groups excluding carboxylic acids is 1. The molecular formula is C36H45ClN2O8S. The Morgan fingerprint density at radius 3 is 2.50 bits per heavy atom. The zero-order valence-corrected chi connectivity index (χ0v) is 28.7. The lowest BCUT2D eigenvalue weighted by atomic mass is 9.96. The number of aliphatic hydroxyl groups excluding tert-OH is 5. The molecule has 260 valence electrons. The van der Waals surface area contributed by atoms with Gasteiger partial charge in [-0.2, -0.15) is 0 Å². The van der Waals surface area contributed by atoms with Crippen LogP contribution < -0.4 is 4.74 Å². The Labute approximate surface area is 290 Å². The molecule has 5 N–H and O–H groups in total. The summed E-state index contributed by atoms with van der Waals surface area (Å²) in [7, 11) is 0. The molecule has 5 rings (SSSR count). The summed E-state index contributed by atoms with van der Waals surface area (Å²) in [6.45, 7) is 1.11. The summed E-state index contributed by atoms with van der Waals surface area (Å²) in [4.78, 5) is 19.0. The van der Waals surface area contributed by atoms with E-state index in [-0.39, 0.29) is 12.5 Å². The van der Waals surface area contributed by atoms with E-state index in [1.165, 1.54) is 11.8 Å². The smallest absolute Gasteiger partial charge is 0.219 e. The van der Waals surface area contributed by atoms with Gasteiger partial charge in [-0.1, -0.05) is 29.8 Å². The van der Waals surface area contributed by atoms with Crippen LogP contribution in [-0.4, -0.2) is 97.3 Å². The molecule has 4 atom stereocenters. The number of pyridine rings is 1. The summed E-state index contributed by atoms with van der Waals surface area (Å²) >= 11 is 8.29. The quantitative estimate of drug-likeness (QED) is 0.0904. The van der Waals surface area contributed by atoms with E-state index in [4.69, 9.17) is 26.2 Å². The van der Waals surface area contributed by atoms with Crippen LogP contribution in [-0.2, 0) is 21.7 Å². The first kappa shape index (κ1) is 36.5. The van der Waals surface area contributed by atoms with Gasteiger partial charge in [0.05, 0.1) is 24.9 Å². The number of aromatic nitrogens is 1. The largest absolute Gasteiger partial charge is 0.490 e. The predicted molar refractivity (Wildman–Crippen MR) is 184 cm³/mol. The number of hydrogen-bond acceptors (Lipinski definition) is 10. The number of carbonyl (C=O) groups is 1. The van der Waals surface area contributed by atoms with Gasteiger partial charge in [0.15, 0.2) is 0 Å². The lowest BCUT2D eigenvalue weighted by molar-refractivity contribution is -0.138. The molecule has 0 saturated heterocycles. The topological polar surface area (TPSA) is 153 Å². The molecular weight excluding hydrogens is 656 g/mol. The van der Waals surface area contributed by atoms with Crippen molar-refractivity contribution in [1.82, 2.24) is 9.88 Å². The number of ether oxygens (including phenoxy) is 2. The zero-order chi connectivity index (χ0) is 34.3. The van der Waals surface area contributed by atoms with Gasteiger partial charge in [-0.3, -0.25) is 9.78 Å². The van der Waals surface area contributed by atoms with Crippen molar-refractivity contribution in [1.29, 1.82) is 0 Å². The molecule has 1 aromatic heterocycles. The van der Waals surface area contributed by atoms with E-state index >= 15 is 0 Å². The second kappa shape index (κ2) is 16.8. The highest BCUT2D eigenvalue weighted by atomic mass is 35.5. The Balaban J connectivity index is 1.14. The third-order valence-electron chi connectivity index (χ3n) is 8.80. The molecule has 0 aliphatic heterocycles. The Morgan fingerprint density at radius 1 is 1.04 bits per heavy atom. The fraction of sp³-hybridized carbons (Fsp3) is 0.500. The van der Waals surface area contributed by atoms with Crippen molar-refractivity contribution in [2.24, 2.45) is 0 Å². The van der Waals surface area contributed by atoms with E-state index in [9.17, 15) is 25.2 Å². The minimum absolute atomic E-state index is 0.206. The standard InChI is InChI=1S/C36H45ClN2O8S/c1-23(41)39(20-31(42)34(44)35(45)32(43)21-40)16-4-5-17-48-26-10-11-30(37)24(18-26)22-46-36(13-14-36)29-19-38-15-12-27(29)28-6-2-3-7-33(28)47-25-8-9-25/h2-3,6-7,10-12,15,18-19,25,31-32,34-35,40,42-45H,4-5,8-9,13-14,16-17,20-22H2,1H3/t31-,32+,34+,35+/m0/s1. The second-order valence-electron chi connectivity index (χ2n) is 12.6. The predicted octanol–water partition coefficient (Wildman–Crippen LogP) is 4.31. The van der Waals surface area contributed by atoms with Gasteiger partial charge in [-0.25, -0.2) is 0 Å². The molecule has 0 radical (unpaired) electrons. The number of nitrogens with zero attached hydrogens (tertiary/aromatic N) is 2. The normalized spacial score (nSPS) is 17.7. The summed E-state index contributed by atoms with van der Waals surface area (Å²) in [5.74, 6) is 1.39. The molecule has 12 heteroatoms. The Bertz CT molecular complexity index is 1520. The van der Waals surface area contributed by atoms with Crippen molar-refractivity contribution in [2.45, 2.75) is 93.1 Å². The van der Waals surface area contributed by atoms with Crippen molar-refractivity contribution in [3.63, 3.8) is 0 Å². The number of amides is 1. The van der Waals surface area contributed by atoms with Crippen LogP contribution in [0.3, 0.4) is 0 Å². The SMILES string of the molecule is CC(=O)N(CCCCSc1ccc(Cl)c(COC2(c3cnccc3-c3ccccc3OC3CC3)CC2)c1)C[C@H](O)[C@@H](O)[C@H](O)[C@H](O)CO. The molecule has 3 aromatic rings. The highest BCUT2D eigenvalue weighted by Crippen LogP contribution is 2.53. The average Bonchev–Trinajstić information content (AvgIpc) is 4.04. The Kier molecular flexibility index (Phi) is 12.8. The number of rotatable bonds is 19. The molecule has 0 bridgehead atoms. The molecule has 1 amide bonds. The summed E-state index contributed by atoms with van der Waals surface area (Å²) in [5, 5.41) is 49.4. The fourth-order valence-corrected chi connectivity index (χ4v) is 6.74. The van der Waals surface area contributed by atoms with E-state index in [0.29, 0.717) is 30.7 Å². The number of thioether (sulfide) groups is 1. The van der Waals surface area contributed by atoms with Gasteiger partial charge >= 0.3 is 0 Å². The molecule has 2 aliphatic carbocycles. The van der Waals surface area contributed by atoms with Crippen LogP contribution in [0.2, 0.25) is 5.02 Å². The van der Waals surface area contributed by atoms with Crippen LogP contribution in [0.15, 0.2) is 65.8 Å². The van der Waals surface area contributed by atoms with E-state index in [1.54, 1.807) is 11.8 Å². The van der Waals surface area contributed by atoms with E-state index in [1.807, 2.05) is 48.8 Å². The number of para-hydroxylation sites is 1. The van der Waals surface area contributed by atoms with Gasteiger partial charge < -0.3 is 39.9 Å². The summed E-state index contributed by atoms with van der Waals surface area (Å²) in [6.07, 6.45) is 2.89. The van der Waals surface area contributed by atoms with E-state index < -0.39 is 36.6 Å². The number of aliphatic hydroxyl groups is 5. The Hall–Kier alpha value is -2.74. The van der Waals surface area contributed by atoms with Gasteiger partial charge in [0.1, 0.15) is 30.2 Å². The maximum Gasteiger partial charge on any atom is 0.219 e. The third kappa shape index (κ3) is 9.48. The molecule has 48 heavy (non-hydrogen) atoms. The lowest BCUT2D eigenvalue weighted by Gasteiger charge is -2.30. The van der Waals surface area contributed by atoms with Crippen molar-refractivity contribution >= 4 is 29.3 Å². The van der Waals surface area contributed by atoms with Gasteiger partial charge in [0, 0.05) is 53.5 Å². The van der Waals surface area contributed by atoms with Crippen LogP contribution in [0.4, 0.5) is 0 Å². The number of benzene rings is 2. The molecule has 0 unspecified atom stereocenters. The van der Waals surface area contributed by atoms with Crippen molar-refractivity contribution < 1.29 is 39.8 Å². The summed E-state index contributed by atoms with van der Waals surface area (Å²) < 4.78 is 12.9. The first-order chi connectivity index (χ1) is 23.1. The zero-order valence-electron chi connectivity index (χ0n) is 27.1. The average molecular weight is 701 g/mol. The maximum absolute atomic E-state index is 12.1. The number of hydrogen-bond donors (Lipinski definition) is 5. The second-order valence-corrected chi connectivity index (χ2v) is 14.2. The fourth-order valence-electron chi connectivity index (χ4n) is 5.59. The van der Waals surface area contributed by atoms with Gasteiger partial charge in [-0.15, -0.1) is 11.8 Å². The molecule has 2 aliphatic rings. The Morgan fingerprint density at radius 2 is 1.79 bits per heavy atom. The minimum Gasteiger partial charge on any atom is -0.490 e. The first-order valence-electron chi connectivity index (χ1n) is 16.5. The highest BCUT2D eigenvalue weighted by Gasteiger charge is 2.48. The van der Waals surface area contributed by atoms with Crippen LogP contribution in [0.1, 0.15) is 56.6 Å². The maximum atomic E-state index is 12.1. The number of unbranched alkanes of at least 4 members (excludes halogenated alkanes) is 1. The van der Waals surface area contributed by atoms with Gasteiger partial charge in [0.2, 0.25) is 5.91 Å². The van der Waals surface area contributed by atoms with Crippen molar-refractivity contribution in [3.8, 4) is 16.9 Å². The third-order valence-corrected chi connectivity index (χ3v) is 10.3. The van der Waals surface area contributed by atoms with Gasteiger partial charge in [-0.05, 0) is 85.7 Å². The lowest BCUT2D eigenvalue weighted by Crippen LogP contribution is -2.50. The minimum atomic E-state index is -1.73. The molecule has 10 nitrogen and oxygen atoms in total. The van der Waals surface area contributed by atoms with Crippen LogP contribution in [0.25, 0.3) is 11.1 Å². The molecule has 1 heterocycles. The molecule has 2 fully saturated rings. The summed E-state index contributed by atoms with van der Waals surface area (Å²) in [6, 6.07) is 16.1. The highest BCUT2D eigenvalue weighted by molar-refractivity contribution is 7.99. The van der Waals surface area contributed by atoms with Crippen LogP contribution in [0, 0.1) is 0 Å². The van der Waals surface area contributed by atoms with Crippen molar-refractivity contribution in [2.75, 3.05) is 25.4 Å². The monoisotopic (exact) mass is 700 g/mol. The summed E-state index contributed by atoms with van der Waals surface area (Å²) in [5.41, 5.74) is 3.64. The van der Waals surface area contributed by atoms with Crippen LogP contribution >= 0.6 is 23.4 Å².